The predicted molar refractivity (Wildman–Crippen MR) is 526 cm³/mol. The van der Waals surface area contributed by atoms with Gasteiger partial charge in [0.2, 0.25) is 0 Å². The molecule has 0 unspecified atom stereocenters. The zero-order valence-corrected chi connectivity index (χ0v) is 84.7. The smallest absolute Gasteiger partial charge is 0.744 e. The molecule has 0 spiro atoms. The van der Waals surface area contributed by atoms with Gasteiger partial charge in [0.25, 0.3) is 0 Å². The van der Waals surface area contributed by atoms with Crippen LogP contribution in [0.25, 0.3) is 0 Å². The van der Waals surface area contributed by atoms with Gasteiger partial charge < -0.3 is 28.1 Å². The number of carbonyl (C=O) groups excluding carboxylic acids is 4. The quantitative estimate of drug-likeness (QED) is 0.0150. The number of unbranched alkanes of at least 4 members (excludes halogenated alkanes) is 68. The molecule has 716 valence electrons. The number of rotatable bonds is 90. The fraction of sp³-hybridized carbons (Fsp3) is 0.778. The average Bonchev–Trinajstić information content (AvgIpc) is 0.812. The van der Waals surface area contributed by atoms with E-state index in [9.17, 15) is 45.1 Å². The first-order valence-corrected chi connectivity index (χ1v) is 54.9. The normalized spacial score (nSPS) is 11.8. The van der Waals surface area contributed by atoms with Crippen molar-refractivity contribution in [3.63, 3.8) is 0 Å². The Hall–Kier alpha value is -3.64. The molecule has 0 N–H and O–H groups in total. The number of carbonyl (C=O) groups is 4. The van der Waals surface area contributed by atoms with Gasteiger partial charge in [-0.3, -0.25) is 0 Å². The van der Waals surface area contributed by atoms with Crippen LogP contribution in [0.4, 0.5) is 0 Å². The van der Waals surface area contributed by atoms with Crippen LogP contribution in [0.1, 0.15) is 557 Å². The van der Waals surface area contributed by atoms with Gasteiger partial charge in [-0.25, -0.2) is 36.0 Å². The molecular formula is C108H186CaO14S2. The van der Waals surface area contributed by atoms with Crippen LogP contribution in [0, 0.1) is 0 Å². The standard InChI is InChI=1S/2C54H94O7S.Ca/c2*1-3-5-7-9-11-13-15-17-19-21-23-25-27-29-31-33-35-37-39-41-43-47-60-53(55)51-46-45-50(62(57,58)59)49-52(51)54(56)61-48-44-42-40-38-36-34-32-30-28-26-24-22-20-18-16-14-12-10-8-6-4-2;/h2*29-32,45-46,49H,3-28,33-44,47-48H2,1-2H3,(H,57,58,59);/q;;+2/p-2/b2*31-29+,32-30+;. The summed E-state index contributed by atoms with van der Waals surface area (Å²) >= 11 is 0. The monoisotopic (exact) mass is 1810 g/mol. The van der Waals surface area contributed by atoms with Gasteiger partial charge in [-0.05, 0) is 165 Å². The first kappa shape index (κ1) is 121. The third-order valence-corrected chi connectivity index (χ3v) is 25.7. The Labute approximate surface area is 798 Å². The summed E-state index contributed by atoms with van der Waals surface area (Å²) in [5.74, 6) is -3.12. The minimum Gasteiger partial charge on any atom is -0.744 e. The van der Waals surface area contributed by atoms with E-state index < -0.39 is 53.9 Å². The van der Waals surface area contributed by atoms with Crippen molar-refractivity contribution in [2.45, 2.75) is 525 Å². The number of esters is 4. The van der Waals surface area contributed by atoms with Crippen molar-refractivity contribution >= 4 is 81.9 Å². The van der Waals surface area contributed by atoms with Crippen LogP contribution >= 0.6 is 0 Å². The summed E-state index contributed by atoms with van der Waals surface area (Å²) in [6.45, 7) is 9.79. The van der Waals surface area contributed by atoms with E-state index in [4.69, 9.17) is 18.9 Å². The van der Waals surface area contributed by atoms with Crippen LogP contribution in [0.5, 0.6) is 0 Å². The average molecular weight is 1810 g/mol. The third kappa shape index (κ3) is 78.7. The van der Waals surface area contributed by atoms with Gasteiger partial charge >= 0.3 is 61.6 Å². The predicted octanol–water partition coefficient (Wildman–Crippen LogP) is 33.4. The van der Waals surface area contributed by atoms with Crippen molar-refractivity contribution in [3.8, 4) is 0 Å². The van der Waals surface area contributed by atoms with Crippen LogP contribution in [0.2, 0.25) is 0 Å². The summed E-state index contributed by atoms with van der Waals surface area (Å²) in [4.78, 5) is 50.7. The zero-order valence-electron chi connectivity index (χ0n) is 80.9. The second-order valence-corrected chi connectivity index (χ2v) is 38.4. The van der Waals surface area contributed by atoms with Crippen molar-refractivity contribution in [2.75, 3.05) is 26.4 Å². The van der Waals surface area contributed by atoms with Crippen molar-refractivity contribution in [1.29, 1.82) is 0 Å². The van der Waals surface area contributed by atoms with Gasteiger partial charge in [-0.15, -0.1) is 0 Å². The van der Waals surface area contributed by atoms with Gasteiger partial charge in [0.1, 0.15) is 20.2 Å². The van der Waals surface area contributed by atoms with E-state index in [-0.39, 0.29) is 86.4 Å². The van der Waals surface area contributed by atoms with E-state index in [0.29, 0.717) is 25.7 Å². The molecule has 2 aromatic carbocycles. The Morgan fingerprint density at radius 3 is 0.504 bits per heavy atom. The molecule has 0 bridgehead atoms. The Bertz CT molecular complexity index is 2950. The molecule has 14 nitrogen and oxygen atoms in total. The molecule has 17 heteroatoms. The van der Waals surface area contributed by atoms with Gasteiger partial charge in [0.15, 0.2) is 0 Å². The summed E-state index contributed by atoms with van der Waals surface area (Å²) < 4.78 is 91.9. The van der Waals surface area contributed by atoms with Crippen LogP contribution in [-0.2, 0) is 39.2 Å². The first-order valence-electron chi connectivity index (χ1n) is 52.1. The number of allylic oxidation sites excluding steroid dienone is 8. The number of hydrogen-bond donors (Lipinski definition) is 0. The molecular weight excluding hydrogens is 1630 g/mol. The topological polar surface area (TPSA) is 220 Å². The van der Waals surface area contributed by atoms with Crippen LogP contribution in [0.3, 0.4) is 0 Å². The van der Waals surface area contributed by atoms with Gasteiger partial charge in [-0.1, -0.05) is 436 Å². The van der Waals surface area contributed by atoms with E-state index in [1.165, 1.54) is 346 Å². The Balaban J connectivity index is 0.00000244. The SMILES string of the molecule is CCCCCCCCCCCCCC/C=C/CCCCCCCOC(=O)c1ccc(S(=O)(=O)[O-])cc1C(=O)OCCCCCCC/C=C/CCCCCCCCCCCCCC.CCCCCCCCCCCCCC/C=C/CCCCCCCOC(=O)c1ccc(S(=O)(=O)[O-])cc1C(=O)OCCCCCCC/C=C/CCCCCCCCCCCCCC.[Ca+2]. The fourth-order valence-electron chi connectivity index (χ4n) is 16.0. The summed E-state index contributed by atoms with van der Waals surface area (Å²) in [5, 5.41) is 0. The first-order chi connectivity index (χ1) is 60.6. The summed E-state index contributed by atoms with van der Waals surface area (Å²) in [5.41, 5.74) is -0.697. The fourth-order valence-corrected chi connectivity index (χ4v) is 16.9. The summed E-state index contributed by atoms with van der Waals surface area (Å²) in [7, 11) is -9.65. The van der Waals surface area contributed by atoms with E-state index in [2.05, 4.69) is 76.3 Å². The minimum absolute atomic E-state index is 0. The van der Waals surface area contributed by atoms with Crippen LogP contribution in [0.15, 0.2) is 94.8 Å². The molecule has 125 heavy (non-hydrogen) atoms. The van der Waals surface area contributed by atoms with Gasteiger partial charge in [0.05, 0.1) is 58.5 Å². The van der Waals surface area contributed by atoms with E-state index in [0.717, 1.165) is 153 Å². The third-order valence-electron chi connectivity index (χ3n) is 24.0. The maximum atomic E-state index is 13.0. The summed E-state index contributed by atoms with van der Waals surface area (Å²) in [6, 6.07) is 6.28. The molecule has 0 heterocycles. The van der Waals surface area contributed by atoms with Crippen LogP contribution in [-0.4, -0.2) is 114 Å². The largest absolute Gasteiger partial charge is 2.00 e. The molecule has 2 aromatic rings. The van der Waals surface area contributed by atoms with E-state index >= 15 is 0 Å². The molecule has 2 rings (SSSR count). The number of hydrogen-bond acceptors (Lipinski definition) is 14. The van der Waals surface area contributed by atoms with E-state index in [1.807, 2.05) is 0 Å². The molecule has 0 amide bonds. The number of ether oxygens (including phenoxy) is 4. The molecule has 0 atom stereocenters. The Morgan fingerprint density at radius 1 is 0.216 bits per heavy atom. The van der Waals surface area contributed by atoms with Crippen molar-refractivity contribution < 1.29 is 64.1 Å². The second-order valence-electron chi connectivity index (χ2n) is 35.7. The van der Waals surface area contributed by atoms with Gasteiger partial charge in [0, 0.05) is 0 Å². The molecule has 0 fully saturated rings. The summed E-state index contributed by atoms with van der Waals surface area (Å²) in [6.07, 6.45) is 113. The molecule has 0 aliphatic heterocycles. The molecule has 0 saturated carbocycles. The maximum absolute atomic E-state index is 13.0. The van der Waals surface area contributed by atoms with Crippen LogP contribution < -0.4 is 0 Å². The van der Waals surface area contributed by atoms with Gasteiger partial charge in [-0.2, -0.15) is 0 Å². The molecule has 0 aromatic heterocycles. The molecule has 0 aliphatic rings. The zero-order chi connectivity index (χ0) is 90.1. The Kier molecular flexibility index (Phi) is 89.5. The van der Waals surface area contributed by atoms with E-state index in [1.54, 1.807) is 0 Å². The molecule has 0 aliphatic carbocycles. The maximum Gasteiger partial charge on any atom is 2.00 e. The Morgan fingerprint density at radius 2 is 0.352 bits per heavy atom. The molecule has 0 radical (unpaired) electrons. The van der Waals surface area contributed by atoms with Crippen molar-refractivity contribution in [1.82, 2.24) is 0 Å². The van der Waals surface area contributed by atoms with Crippen molar-refractivity contribution in [2.24, 2.45) is 0 Å². The minimum atomic E-state index is -4.83. The van der Waals surface area contributed by atoms with Crippen molar-refractivity contribution in [3.05, 3.63) is 107 Å². The second kappa shape index (κ2) is 92.2. The number of benzene rings is 2. The molecule has 0 saturated heterocycles.